The van der Waals surface area contributed by atoms with E-state index in [2.05, 4.69) is 21.9 Å². The maximum atomic E-state index is 15.4. The summed E-state index contributed by atoms with van der Waals surface area (Å²) in [5, 5.41) is 7.39. The first-order chi connectivity index (χ1) is 46.6. The maximum Gasteiger partial charge on any atom is 0.393 e. The highest BCUT2D eigenvalue weighted by molar-refractivity contribution is 6.21. The smallest absolute Gasteiger partial charge is 0.343 e. The molecule has 7 fully saturated rings. The number of terminal acetylenes is 1. The van der Waals surface area contributed by atoms with Gasteiger partial charge in [-0.1, -0.05) is 72.6 Å². The number of carbonyl (C=O) groups is 12. The lowest BCUT2D eigenvalue weighted by atomic mass is 9.78. The second kappa shape index (κ2) is 34.8. The van der Waals surface area contributed by atoms with E-state index in [9.17, 15) is 51.5 Å². The van der Waals surface area contributed by atoms with Gasteiger partial charge >= 0.3 is 6.18 Å². The van der Waals surface area contributed by atoms with Crippen molar-refractivity contribution >= 4 is 82.5 Å². The molecule has 0 aromatic rings. The molecule has 24 nitrogen and oxygen atoms in total. The van der Waals surface area contributed by atoms with Gasteiger partial charge in [-0.25, -0.2) is 0 Å². The molecule has 3 unspecified atom stereocenters. The Morgan fingerprint density at radius 1 is 0.616 bits per heavy atom. The molecule has 99 heavy (non-hydrogen) atoms. The van der Waals surface area contributed by atoms with Crippen molar-refractivity contribution in [3.05, 3.63) is 0 Å². The number of likely N-dealkylation sites (N-methyl/N-ethyl adjacent to an activating group) is 6. The molecular weight excluding hydrogens is 1310 g/mol. The van der Waals surface area contributed by atoms with E-state index in [0.717, 1.165) is 43.4 Å². The van der Waals surface area contributed by atoms with E-state index < -0.39 is 167 Å². The number of rotatable bonds is 10. The number of nitrogens with zero attached hydrogens (tertiary/aromatic N) is 9. The van der Waals surface area contributed by atoms with Crippen LogP contribution in [-0.2, 0) is 57.5 Å². The van der Waals surface area contributed by atoms with E-state index in [1.54, 1.807) is 18.7 Å². The van der Waals surface area contributed by atoms with Crippen molar-refractivity contribution < 1.29 is 70.7 Å². The number of piperidine rings is 1. The molecule has 1 spiro atoms. The number of halogens is 4. The Hall–Kier alpha value is -6.72. The summed E-state index contributed by atoms with van der Waals surface area (Å²) in [4.78, 5) is 191. The van der Waals surface area contributed by atoms with Gasteiger partial charge in [0.25, 0.3) is 0 Å². The lowest BCUT2D eigenvalue weighted by Gasteiger charge is -2.45. The number of alkyl halides is 4. The van der Waals surface area contributed by atoms with Crippen molar-refractivity contribution in [2.75, 3.05) is 75.0 Å². The van der Waals surface area contributed by atoms with Gasteiger partial charge < -0.3 is 60.0 Å². The molecule has 0 radical (unpaired) electrons. The van der Waals surface area contributed by atoms with Gasteiger partial charge in [-0.15, -0.1) is 23.9 Å². The van der Waals surface area contributed by atoms with Crippen LogP contribution in [0.5, 0.6) is 0 Å². The van der Waals surface area contributed by atoms with Gasteiger partial charge in [0.15, 0.2) is 0 Å². The number of hydrogen-bond acceptors (Lipinski definition) is 12. The Morgan fingerprint density at radius 2 is 1.25 bits per heavy atom. The van der Waals surface area contributed by atoms with Crippen LogP contribution in [0, 0.1) is 41.9 Å². The first-order valence-corrected chi connectivity index (χ1v) is 36.6. The minimum Gasteiger partial charge on any atom is -0.343 e. The van der Waals surface area contributed by atoms with Crippen molar-refractivity contribution in [1.82, 2.24) is 60.0 Å². The first kappa shape index (κ1) is 79.6. The molecule has 4 heterocycles. The van der Waals surface area contributed by atoms with Gasteiger partial charge in [-0.05, 0) is 127 Å². The summed E-state index contributed by atoms with van der Waals surface area (Å²) in [5.41, 5.74) is -1.57. The molecule has 3 N–H and O–H groups in total. The second-order valence-electron chi connectivity index (χ2n) is 30.1. The van der Waals surface area contributed by atoms with Gasteiger partial charge in [0, 0.05) is 80.3 Å². The predicted molar refractivity (Wildman–Crippen MR) is 364 cm³/mol. The van der Waals surface area contributed by atoms with Gasteiger partial charge in [0.2, 0.25) is 70.9 Å². The molecule has 4 saturated heterocycles. The normalized spacial score (nSPS) is 30.7. The van der Waals surface area contributed by atoms with Crippen molar-refractivity contribution in [2.45, 2.75) is 260 Å². The summed E-state index contributed by atoms with van der Waals surface area (Å²) < 4.78 is 42.0. The fraction of sp³-hybridized carbons (Fsp3) is 0.803. The van der Waals surface area contributed by atoms with Gasteiger partial charge in [0.05, 0.1) is 18.9 Å². The van der Waals surface area contributed by atoms with Crippen LogP contribution in [0.15, 0.2) is 0 Å². The van der Waals surface area contributed by atoms with Crippen LogP contribution < -0.4 is 16.0 Å². The Labute approximate surface area is 587 Å². The van der Waals surface area contributed by atoms with Gasteiger partial charge in [-0.3, -0.25) is 57.5 Å². The maximum absolute atomic E-state index is 15.4. The Bertz CT molecular complexity index is 2990. The van der Waals surface area contributed by atoms with E-state index in [1.807, 2.05) is 13.8 Å². The molecule has 12 atom stereocenters. The Balaban J connectivity index is 1.26. The quantitative estimate of drug-likeness (QED) is 0.191. The molecule has 0 aromatic heterocycles. The zero-order valence-electron chi connectivity index (χ0n) is 60.2. The number of nitrogens with one attached hydrogen (secondary N) is 3. The van der Waals surface area contributed by atoms with Crippen LogP contribution in [0.3, 0.4) is 0 Å². The highest BCUT2D eigenvalue weighted by Crippen LogP contribution is 2.44. The summed E-state index contributed by atoms with van der Waals surface area (Å²) in [5.74, 6) is -8.26. The van der Waals surface area contributed by atoms with Gasteiger partial charge in [0.1, 0.15) is 59.9 Å². The minimum atomic E-state index is -4.51. The molecule has 12 amide bonds. The number of likely N-dealkylation sites (tertiary alicyclic amines) is 1. The fourth-order valence-electron chi connectivity index (χ4n) is 16.2. The molecule has 3 aliphatic carbocycles. The Kier molecular flexibility index (Phi) is 28.0. The third-order valence-electron chi connectivity index (χ3n) is 22.4. The summed E-state index contributed by atoms with van der Waals surface area (Å²) >= 11 is 6.40. The van der Waals surface area contributed by atoms with Crippen molar-refractivity contribution in [3.63, 3.8) is 0 Å². The molecule has 0 aromatic carbocycles. The van der Waals surface area contributed by atoms with E-state index in [0.29, 0.717) is 45.2 Å². The van der Waals surface area contributed by atoms with Crippen LogP contribution in [0.2, 0.25) is 0 Å². The highest BCUT2D eigenvalue weighted by Gasteiger charge is 2.52. The largest absolute Gasteiger partial charge is 0.393 e. The lowest BCUT2D eigenvalue weighted by molar-refractivity contribution is -0.182. The topological polar surface area (TPSA) is 270 Å². The van der Waals surface area contributed by atoms with E-state index in [1.165, 1.54) is 83.5 Å². The molecular formula is C71H110ClF3N12O12. The standard InChI is InChI=1S/C71H110ClF3N12O12/c1-13-23-50-63(93)80(8)45(6)62(92)87-37-31-53(87)66(96)82(10)55(40-46-24-16-14-17-25-46)65(95)79(7)42-57(88)76-51(30-28-47-27-29-48(49(72)39-47)71(73,74)75)64(94)86-36-22-26-52(86)61(91)78-70(32-18-19-33-70)69(99)84(12)59(44(4)5)68(98)83(11)56(67(97)85-34-20-15-21-35-85)41-58(89)81(9)54(38-43(2)3)60(90)77-50/h1,43-56,59H,14-42H2,2-12H3,(H,76,88)(H,77,90)(H,78,91)/t45-,47?,48?,49?,50-,51-,52-,53-,54-,55-,56-,59-/m0/s1. The molecule has 554 valence electrons. The number of carbonyl (C=O) groups excluding carboxylic acids is 12. The van der Waals surface area contributed by atoms with Crippen molar-refractivity contribution in [3.8, 4) is 12.3 Å². The highest BCUT2D eigenvalue weighted by atomic mass is 35.5. The SMILES string of the molecule is C#CC[C@@H]1NC(=O)[C@H](CC(C)C)N(C)C(=O)C[C@@H](C(=O)N2CCCCC2)N(C)C(=O)[C@H](C(C)C)N(C)C(=O)C2(CCCC2)NC(=O)[C@@H]2CCCN2C(=O)[C@H](CCC2CCC(C(F)(F)F)C(Cl)C2)NC(=O)CN(C)C(=O)[C@H](CC2CCCCC2)N(C)C(=O)[C@@H]2CCN2C(=O)[C@H](C)N(C)C1=O. The molecule has 7 aliphatic rings. The van der Waals surface area contributed by atoms with Crippen LogP contribution in [-0.4, -0.2) is 261 Å². The average Bonchev–Trinajstić information content (AvgIpc) is 1.22. The van der Waals surface area contributed by atoms with E-state index in [-0.39, 0.29) is 108 Å². The van der Waals surface area contributed by atoms with Gasteiger partial charge in [-0.2, -0.15) is 13.2 Å². The van der Waals surface area contributed by atoms with Crippen LogP contribution >= 0.6 is 11.6 Å². The average molecular weight is 1420 g/mol. The Morgan fingerprint density at radius 3 is 1.84 bits per heavy atom. The summed E-state index contributed by atoms with van der Waals surface area (Å²) in [6.07, 6.45) is 9.40. The predicted octanol–water partition coefficient (Wildman–Crippen LogP) is 5.07. The number of hydrogen-bond donors (Lipinski definition) is 3. The van der Waals surface area contributed by atoms with Crippen molar-refractivity contribution in [2.24, 2.45) is 29.6 Å². The monoisotopic (exact) mass is 1410 g/mol. The molecule has 3 saturated carbocycles. The second-order valence-corrected chi connectivity index (χ2v) is 30.7. The molecule has 28 heteroatoms. The summed E-state index contributed by atoms with van der Waals surface area (Å²) in [6.45, 7) is 8.92. The van der Waals surface area contributed by atoms with Crippen LogP contribution in [0.4, 0.5) is 13.2 Å². The van der Waals surface area contributed by atoms with Crippen LogP contribution in [0.25, 0.3) is 0 Å². The van der Waals surface area contributed by atoms with E-state index in [4.69, 9.17) is 18.0 Å². The third kappa shape index (κ3) is 19.1. The molecule has 0 bridgehead atoms. The van der Waals surface area contributed by atoms with E-state index >= 15 is 19.2 Å². The number of fused-ring (bicyclic) bond motifs is 2. The third-order valence-corrected chi connectivity index (χ3v) is 22.9. The van der Waals surface area contributed by atoms with Crippen LogP contribution in [0.1, 0.15) is 189 Å². The number of amides is 12. The van der Waals surface area contributed by atoms with Crippen molar-refractivity contribution in [1.29, 1.82) is 0 Å². The first-order valence-electron chi connectivity index (χ1n) is 36.2. The summed E-state index contributed by atoms with van der Waals surface area (Å²) in [7, 11) is 8.49. The lowest BCUT2D eigenvalue weighted by Crippen LogP contribution is -2.65. The summed E-state index contributed by atoms with van der Waals surface area (Å²) in [6, 6.07) is -11.2. The molecule has 7 rings (SSSR count). The minimum absolute atomic E-state index is 0.00415. The zero-order chi connectivity index (χ0) is 73.1. The fourth-order valence-corrected chi connectivity index (χ4v) is 16.7. The zero-order valence-corrected chi connectivity index (χ0v) is 60.9. The molecule has 4 aliphatic heterocycles.